The molecule has 1 aromatic carbocycles. The van der Waals surface area contributed by atoms with Crippen molar-refractivity contribution in [3.63, 3.8) is 0 Å². The molecule has 0 N–H and O–H groups in total. The highest BCUT2D eigenvalue weighted by atomic mass is 32.1. The van der Waals surface area contributed by atoms with Crippen LogP contribution in [0.1, 0.15) is 35.0 Å². The van der Waals surface area contributed by atoms with Gasteiger partial charge in [0.1, 0.15) is 6.61 Å². The number of aromatic nitrogens is 1. The molecule has 9 heteroatoms. The monoisotopic (exact) mass is 500 g/mol. The molecule has 0 unspecified atom stereocenters. The van der Waals surface area contributed by atoms with E-state index in [0.717, 1.165) is 21.1 Å². The van der Waals surface area contributed by atoms with E-state index in [0.29, 0.717) is 32.6 Å². The van der Waals surface area contributed by atoms with Crippen LogP contribution in [-0.2, 0) is 32.0 Å². The average molecular weight is 501 g/mol. The number of likely N-dealkylation sites (N-methyl/N-ethyl adjacent to an activating group) is 1. The second-order valence-corrected chi connectivity index (χ2v) is 10.1. The normalized spacial score (nSPS) is 16.3. The minimum atomic E-state index is -0.440. The molecule has 1 aromatic heterocycles. The molecular formula is C26H36N4O4S. The highest BCUT2D eigenvalue weighted by Gasteiger charge is 2.31. The SMILES string of the molecule is CCN(CC)C(=O)CO[C@H]1CN(CCc2ccccc2)C(=O)CN(C(=O)Cc2sc(C)nc2C)C1. The number of thiazole rings is 1. The molecule has 1 aliphatic heterocycles. The Morgan fingerprint density at radius 2 is 1.86 bits per heavy atom. The molecule has 0 saturated carbocycles. The molecule has 0 bridgehead atoms. The lowest BCUT2D eigenvalue weighted by Crippen LogP contribution is -2.42. The van der Waals surface area contributed by atoms with Gasteiger partial charge in [-0.3, -0.25) is 14.4 Å². The fourth-order valence-electron chi connectivity index (χ4n) is 4.24. The van der Waals surface area contributed by atoms with E-state index in [9.17, 15) is 14.4 Å². The lowest BCUT2D eigenvalue weighted by atomic mass is 10.1. The predicted octanol–water partition coefficient (Wildman–Crippen LogP) is 2.47. The van der Waals surface area contributed by atoms with Crippen molar-refractivity contribution in [2.75, 3.05) is 45.9 Å². The molecule has 35 heavy (non-hydrogen) atoms. The molecule has 0 radical (unpaired) electrons. The summed E-state index contributed by atoms with van der Waals surface area (Å²) in [5.74, 6) is -0.318. The van der Waals surface area contributed by atoms with Gasteiger partial charge in [-0.15, -0.1) is 11.3 Å². The lowest BCUT2D eigenvalue weighted by molar-refractivity contribution is -0.139. The molecule has 0 aliphatic carbocycles. The third-order valence-electron chi connectivity index (χ3n) is 6.26. The minimum Gasteiger partial charge on any atom is -0.365 e. The van der Waals surface area contributed by atoms with E-state index >= 15 is 0 Å². The van der Waals surface area contributed by atoms with Gasteiger partial charge in [-0.25, -0.2) is 4.98 Å². The van der Waals surface area contributed by atoms with E-state index in [1.807, 2.05) is 58.0 Å². The minimum absolute atomic E-state index is 0.00824. The van der Waals surface area contributed by atoms with Crippen LogP contribution in [0.3, 0.4) is 0 Å². The maximum Gasteiger partial charge on any atom is 0.248 e. The molecule has 190 valence electrons. The highest BCUT2D eigenvalue weighted by molar-refractivity contribution is 7.11. The van der Waals surface area contributed by atoms with Crippen molar-refractivity contribution in [1.29, 1.82) is 0 Å². The van der Waals surface area contributed by atoms with E-state index < -0.39 is 6.10 Å². The Labute approximate surface area is 211 Å². The van der Waals surface area contributed by atoms with Gasteiger partial charge in [0.05, 0.1) is 29.8 Å². The maximum absolute atomic E-state index is 13.2. The number of ether oxygens (including phenoxy) is 1. The molecule has 8 nitrogen and oxygen atoms in total. The van der Waals surface area contributed by atoms with Crippen LogP contribution < -0.4 is 0 Å². The van der Waals surface area contributed by atoms with E-state index in [4.69, 9.17) is 4.74 Å². The Hall–Kier alpha value is -2.78. The van der Waals surface area contributed by atoms with Gasteiger partial charge in [0.25, 0.3) is 0 Å². The van der Waals surface area contributed by atoms with Crippen LogP contribution >= 0.6 is 11.3 Å². The first kappa shape index (κ1) is 26.8. The fourth-order valence-corrected chi connectivity index (χ4v) is 5.17. The van der Waals surface area contributed by atoms with Gasteiger partial charge in [0.2, 0.25) is 17.7 Å². The van der Waals surface area contributed by atoms with Crippen molar-refractivity contribution in [2.24, 2.45) is 0 Å². The number of amides is 3. The quantitative estimate of drug-likeness (QED) is 0.501. The van der Waals surface area contributed by atoms with Crippen molar-refractivity contribution in [3.05, 3.63) is 51.5 Å². The molecule has 1 fully saturated rings. The average Bonchev–Trinajstić information content (AvgIpc) is 3.06. The maximum atomic E-state index is 13.2. The molecule has 1 saturated heterocycles. The van der Waals surface area contributed by atoms with E-state index in [-0.39, 0.29) is 43.8 Å². The van der Waals surface area contributed by atoms with Gasteiger partial charge < -0.3 is 19.4 Å². The zero-order chi connectivity index (χ0) is 25.4. The van der Waals surface area contributed by atoms with E-state index in [1.165, 1.54) is 11.3 Å². The first-order chi connectivity index (χ1) is 16.8. The summed E-state index contributed by atoms with van der Waals surface area (Å²) in [6.45, 7) is 10.00. The van der Waals surface area contributed by atoms with Crippen LogP contribution in [0.25, 0.3) is 0 Å². The van der Waals surface area contributed by atoms with Crippen molar-refractivity contribution >= 4 is 29.1 Å². The van der Waals surface area contributed by atoms with Gasteiger partial charge in [0, 0.05) is 37.6 Å². The topological polar surface area (TPSA) is 83.0 Å². The highest BCUT2D eigenvalue weighted by Crippen LogP contribution is 2.19. The number of hydrogen-bond donors (Lipinski definition) is 0. The molecule has 1 atom stereocenters. The number of carbonyl (C=O) groups is 3. The zero-order valence-electron chi connectivity index (χ0n) is 21.2. The van der Waals surface area contributed by atoms with Crippen LogP contribution in [0.4, 0.5) is 0 Å². The Morgan fingerprint density at radius 3 is 2.49 bits per heavy atom. The molecular weight excluding hydrogens is 464 g/mol. The number of rotatable bonds is 10. The van der Waals surface area contributed by atoms with Gasteiger partial charge >= 0.3 is 0 Å². The standard InChI is InChI=1S/C26H36N4O4S/c1-5-28(6-2)26(33)18-34-22-15-29(13-12-21-10-8-7-9-11-21)25(32)17-30(16-22)24(31)14-23-19(3)27-20(4)35-23/h7-11,22H,5-6,12-18H2,1-4H3/t22-/m0/s1. The Kier molecular flexibility index (Phi) is 9.80. The summed E-state index contributed by atoms with van der Waals surface area (Å²) in [5.41, 5.74) is 1.99. The van der Waals surface area contributed by atoms with Gasteiger partial charge in [-0.2, -0.15) is 0 Å². The summed E-state index contributed by atoms with van der Waals surface area (Å²) in [6, 6.07) is 10.00. The largest absolute Gasteiger partial charge is 0.365 e. The Balaban J connectivity index is 1.72. The molecule has 0 spiro atoms. The van der Waals surface area contributed by atoms with Crippen LogP contribution in [0.2, 0.25) is 0 Å². The smallest absolute Gasteiger partial charge is 0.248 e. The molecule has 1 aliphatic rings. The summed E-state index contributed by atoms with van der Waals surface area (Å²) in [5, 5.41) is 0.917. The molecule has 2 aromatic rings. The van der Waals surface area contributed by atoms with Crippen LogP contribution in [-0.4, -0.2) is 89.4 Å². The van der Waals surface area contributed by atoms with Gasteiger partial charge in [0.15, 0.2) is 0 Å². The van der Waals surface area contributed by atoms with E-state index in [1.54, 1.807) is 14.7 Å². The first-order valence-corrected chi connectivity index (χ1v) is 13.0. The zero-order valence-corrected chi connectivity index (χ0v) is 22.0. The predicted molar refractivity (Wildman–Crippen MR) is 136 cm³/mol. The Morgan fingerprint density at radius 1 is 1.14 bits per heavy atom. The lowest BCUT2D eigenvalue weighted by Gasteiger charge is -2.26. The number of carbonyl (C=O) groups excluding carboxylic acids is 3. The van der Waals surface area contributed by atoms with Crippen LogP contribution in [0, 0.1) is 13.8 Å². The van der Waals surface area contributed by atoms with Gasteiger partial charge in [-0.05, 0) is 39.7 Å². The first-order valence-electron chi connectivity index (χ1n) is 12.2. The number of aryl methyl sites for hydroxylation is 2. The van der Waals surface area contributed by atoms with Crippen molar-refractivity contribution < 1.29 is 19.1 Å². The van der Waals surface area contributed by atoms with Gasteiger partial charge in [-0.1, -0.05) is 30.3 Å². The third-order valence-corrected chi connectivity index (χ3v) is 7.34. The number of benzene rings is 1. The van der Waals surface area contributed by atoms with E-state index in [2.05, 4.69) is 4.98 Å². The summed E-state index contributed by atoms with van der Waals surface area (Å²) >= 11 is 1.51. The molecule has 3 amide bonds. The molecule has 2 heterocycles. The summed E-state index contributed by atoms with van der Waals surface area (Å²) in [6.07, 6.45) is 0.481. The second kappa shape index (κ2) is 12.8. The van der Waals surface area contributed by atoms with Crippen molar-refractivity contribution in [3.8, 4) is 0 Å². The van der Waals surface area contributed by atoms with Crippen LogP contribution in [0.5, 0.6) is 0 Å². The van der Waals surface area contributed by atoms with Crippen molar-refractivity contribution in [1.82, 2.24) is 19.7 Å². The number of nitrogens with zero attached hydrogens (tertiary/aromatic N) is 4. The summed E-state index contributed by atoms with van der Waals surface area (Å²) in [4.78, 5) is 49.2. The Bertz CT molecular complexity index is 1010. The van der Waals surface area contributed by atoms with Crippen molar-refractivity contribution in [2.45, 2.75) is 46.6 Å². The molecule has 3 rings (SSSR count). The fraction of sp³-hybridized carbons (Fsp3) is 0.538. The summed E-state index contributed by atoms with van der Waals surface area (Å²) < 4.78 is 6.01. The third kappa shape index (κ3) is 7.60. The number of hydrogen-bond acceptors (Lipinski definition) is 6. The second-order valence-electron chi connectivity index (χ2n) is 8.77. The summed E-state index contributed by atoms with van der Waals surface area (Å²) in [7, 11) is 0. The van der Waals surface area contributed by atoms with Crippen LogP contribution in [0.15, 0.2) is 30.3 Å².